The van der Waals surface area contributed by atoms with Crippen molar-refractivity contribution in [2.75, 3.05) is 0 Å². The van der Waals surface area contributed by atoms with Crippen molar-refractivity contribution in [2.24, 2.45) is 12.1 Å². The molecule has 0 saturated heterocycles. The van der Waals surface area contributed by atoms with E-state index in [4.69, 9.17) is 0 Å². The molecule has 1 amide bonds. The predicted octanol–water partition coefficient (Wildman–Crippen LogP) is 2.51. The van der Waals surface area contributed by atoms with Gasteiger partial charge >= 0.3 is 0 Å². The summed E-state index contributed by atoms with van der Waals surface area (Å²) in [6.07, 6.45) is 1.15. The van der Waals surface area contributed by atoms with Crippen LogP contribution in [0.5, 0.6) is 5.75 Å². The molecular formula is C19H16N6O4. The summed E-state index contributed by atoms with van der Waals surface area (Å²) in [4.78, 5) is 23.0. The number of carbonyl (C=O) groups is 1. The Balaban J connectivity index is 1.67. The lowest BCUT2D eigenvalue weighted by Crippen LogP contribution is -2.19. The molecule has 0 spiro atoms. The number of non-ortho nitro benzene ring substituents is 1. The van der Waals surface area contributed by atoms with Gasteiger partial charge in [-0.05, 0) is 25.1 Å². The molecule has 0 aliphatic carbocycles. The number of nitrogens with zero attached hydrogens (tertiary/aromatic N) is 5. The van der Waals surface area contributed by atoms with Crippen molar-refractivity contribution in [3.63, 3.8) is 0 Å². The smallest absolute Gasteiger partial charge is 0.277 e. The topological polar surface area (TPSA) is 127 Å². The van der Waals surface area contributed by atoms with Gasteiger partial charge in [0.25, 0.3) is 11.6 Å². The second-order valence-corrected chi connectivity index (χ2v) is 6.44. The zero-order valence-corrected chi connectivity index (χ0v) is 15.5. The Bertz CT molecular complexity index is 1320. The standard InChI is InChI=1S/C19H16N6O4/c1-11-17(19-23(2)14-5-3-4-6-15(14)24(19)22-11)18(27)21-20-10-12-9-13(25(28)29)7-8-16(12)26/h3-10,26H,1-2H3,(H,21,27)/b20-10+. The molecule has 2 aromatic heterocycles. The number of aromatic hydroxyl groups is 1. The maximum Gasteiger partial charge on any atom is 0.277 e. The first-order valence-corrected chi connectivity index (χ1v) is 8.62. The van der Waals surface area contributed by atoms with Gasteiger partial charge in [-0.2, -0.15) is 10.2 Å². The van der Waals surface area contributed by atoms with Gasteiger partial charge in [-0.3, -0.25) is 14.9 Å². The molecule has 2 aromatic carbocycles. The lowest BCUT2D eigenvalue weighted by atomic mass is 10.2. The average Bonchev–Trinajstić information content (AvgIpc) is 3.17. The minimum atomic E-state index is -0.581. The highest BCUT2D eigenvalue weighted by Crippen LogP contribution is 2.24. The molecular weight excluding hydrogens is 376 g/mol. The summed E-state index contributed by atoms with van der Waals surface area (Å²) in [5, 5.41) is 29.0. The molecule has 29 heavy (non-hydrogen) atoms. The monoisotopic (exact) mass is 392 g/mol. The lowest BCUT2D eigenvalue weighted by molar-refractivity contribution is -0.384. The number of rotatable bonds is 4. The predicted molar refractivity (Wildman–Crippen MR) is 106 cm³/mol. The number of nitro benzene ring substituents is 1. The fraction of sp³-hybridized carbons (Fsp3) is 0.105. The first-order chi connectivity index (χ1) is 13.9. The highest BCUT2D eigenvalue weighted by Gasteiger charge is 2.22. The highest BCUT2D eigenvalue weighted by molar-refractivity contribution is 6.03. The molecule has 4 aromatic rings. The van der Waals surface area contributed by atoms with Crippen molar-refractivity contribution in [1.82, 2.24) is 19.6 Å². The number of benzene rings is 2. The third-order valence-corrected chi connectivity index (χ3v) is 4.64. The molecule has 0 atom stereocenters. The summed E-state index contributed by atoms with van der Waals surface area (Å²) in [6, 6.07) is 11.2. The number of aryl methyl sites for hydroxylation is 2. The van der Waals surface area contributed by atoms with Crippen molar-refractivity contribution >= 4 is 34.5 Å². The molecule has 146 valence electrons. The van der Waals surface area contributed by atoms with E-state index in [1.165, 1.54) is 12.1 Å². The van der Waals surface area contributed by atoms with Crippen LogP contribution in [0, 0.1) is 17.0 Å². The van der Waals surface area contributed by atoms with Crippen molar-refractivity contribution in [1.29, 1.82) is 0 Å². The van der Waals surface area contributed by atoms with E-state index >= 15 is 0 Å². The van der Waals surface area contributed by atoms with Gasteiger partial charge in [-0.1, -0.05) is 12.1 Å². The Morgan fingerprint density at radius 3 is 2.72 bits per heavy atom. The molecule has 2 heterocycles. The Hall–Kier alpha value is -4.21. The molecule has 0 aliphatic heterocycles. The maximum absolute atomic E-state index is 12.8. The van der Waals surface area contributed by atoms with E-state index in [2.05, 4.69) is 15.6 Å². The van der Waals surface area contributed by atoms with Crippen LogP contribution in [0.4, 0.5) is 5.69 Å². The normalized spacial score (nSPS) is 11.5. The van der Waals surface area contributed by atoms with E-state index in [0.29, 0.717) is 16.9 Å². The van der Waals surface area contributed by atoms with Gasteiger partial charge in [0.1, 0.15) is 17.0 Å². The van der Waals surface area contributed by atoms with E-state index in [9.17, 15) is 20.0 Å². The highest BCUT2D eigenvalue weighted by atomic mass is 16.6. The first-order valence-electron chi connectivity index (χ1n) is 8.62. The molecule has 0 aliphatic rings. The molecule has 10 nitrogen and oxygen atoms in total. The van der Waals surface area contributed by atoms with E-state index in [-0.39, 0.29) is 17.0 Å². The molecule has 0 fully saturated rings. The van der Waals surface area contributed by atoms with Crippen LogP contribution in [0.1, 0.15) is 21.6 Å². The number of para-hydroxylation sites is 2. The van der Waals surface area contributed by atoms with Crippen molar-refractivity contribution in [3.8, 4) is 5.75 Å². The number of phenols is 1. The van der Waals surface area contributed by atoms with E-state index < -0.39 is 10.8 Å². The van der Waals surface area contributed by atoms with Crippen LogP contribution in [-0.2, 0) is 7.05 Å². The molecule has 0 saturated carbocycles. The quantitative estimate of drug-likeness (QED) is 0.313. The van der Waals surface area contributed by atoms with Gasteiger partial charge in [-0.25, -0.2) is 9.94 Å². The third-order valence-electron chi connectivity index (χ3n) is 4.64. The number of aromatic nitrogens is 3. The SMILES string of the molecule is Cc1nn2c3ccccc3n(C)c2c1C(=O)N/N=C/c1cc([N+](=O)[O-])ccc1O. The fourth-order valence-corrected chi connectivity index (χ4v) is 3.27. The Morgan fingerprint density at radius 1 is 1.28 bits per heavy atom. The second kappa shape index (κ2) is 6.75. The summed E-state index contributed by atoms with van der Waals surface area (Å²) in [6.45, 7) is 1.73. The van der Waals surface area contributed by atoms with Crippen LogP contribution in [0.15, 0.2) is 47.6 Å². The molecule has 0 unspecified atom stereocenters. The van der Waals surface area contributed by atoms with Crippen molar-refractivity contribution in [3.05, 3.63) is 69.4 Å². The van der Waals surface area contributed by atoms with Gasteiger partial charge in [0.15, 0.2) is 0 Å². The largest absolute Gasteiger partial charge is 0.507 e. The first kappa shape index (κ1) is 18.2. The minimum absolute atomic E-state index is 0.112. The van der Waals surface area contributed by atoms with Crippen LogP contribution in [0.25, 0.3) is 16.7 Å². The second-order valence-electron chi connectivity index (χ2n) is 6.44. The Labute approximate surface area is 163 Å². The van der Waals surface area contributed by atoms with Gasteiger partial charge < -0.3 is 9.67 Å². The number of fused-ring (bicyclic) bond motifs is 3. The number of hydrazone groups is 1. The number of nitrogens with one attached hydrogen (secondary N) is 1. The fourth-order valence-electron chi connectivity index (χ4n) is 3.27. The molecule has 4 rings (SSSR count). The zero-order valence-electron chi connectivity index (χ0n) is 15.5. The number of carbonyl (C=O) groups excluding carboxylic acids is 1. The van der Waals surface area contributed by atoms with Crippen LogP contribution >= 0.6 is 0 Å². The summed E-state index contributed by atoms with van der Waals surface area (Å²) < 4.78 is 3.58. The molecule has 2 N–H and O–H groups in total. The lowest BCUT2D eigenvalue weighted by Gasteiger charge is -2.02. The number of hydrogen-bond acceptors (Lipinski definition) is 6. The molecule has 10 heteroatoms. The van der Waals surface area contributed by atoms with E-state index in [1.807, 2.05) is 35.9 Å². The summed E-state index contributed by atoms with van der Waals surface area (Å²) in [5.74, 6) is -0.670. The van der Waals surface area contributed by atoms with Crippen molar-refractivity contribution in [2.45, 2.75) is 6.92 Å². The molecule has 0 bridgehead atoms. The van der Waals surface area contributed by atoms with Gasteiger partial charge in [0.05, 0.1) is 27.9 Å². The van der Waals surface area contributed by atoms with E-state index in [1.54, 1.807) is 11.4 Å². The van der Waals surface area contributed by atoms with Gasteiger partial charge in [0.2, 0.25) is 0 Å². The maximum atomic E-state index is 12.8. The van der Waals surface area contributed by atoms with Gasteiger partial charge in [0, 0.05) is 24.7 Å². The van der Waals surface area contributed by atoms with Crippen molar-refractivity contribution < 1.29 is 14.8 Å². The number of amides is 1. The number of phenolic OH excluding ortho intramolecular Hbond substituents is 1. The summed E-state index contributed by atoms with van der Waals surface area (Å²) >= 11 is 0. The van der Waals surface area contributed by atoms with Gasteiger partial charge in [-0.15, -0.1) is 0 Å². The third kappa shape index (κ3) is 2.96. The van der Waals surface area contributed by atoms with Crippen LogP contribution in [0.2, 0.25) is 0 Å². The van der Waals surface area contributed by atoms with Crippen LogP contribution in [-0.4, -0.2) is 36.3 Å². The van der Waals surface area contributed by atoms with E-state index in [0.717, 1.165) is 23.3 Å². The summed E-state index contributed by atoms with van der Waals surface area (Å²) in [5.41, 5.74) is 5.63. The van der Waals surface area contributed by atoms with Crippen LogP contribution < -0.4 is 5.43 Å². The Kier molecular flexibility index (Phi) is 4.23. The number of hydrogen-bond donors (Lipinski definition) is 2. The average molecular weight is 392 g/mol. The minimum Gasteiger partial charge on any atom is -0.507 e. The number of nitro groups is 1. The molecule has 0 radical (unpaired) electrons. The van der Waals surface area contributed by atoms with Crippen LogP contribution in [0.3, 0.4) is 0 Å². The number of imidazole rings is 1. The Morgan fingerprint density at radius 2 is 2.00 bits per heavy atom. The summed E-state index contributed by atoms with van der Waals surface area (Å²) in [7, 11) is 1.85. The zero-order chi connectivity index (χ0) is 20.7.